The smallest absolute Gasteiger partial charge is 0.226 e. The Morgan fingerprint density at radius 2 is 1.83 bits per heavy atom. The maximum absolute atomic E-state index is 9.29. The molecule has 0 saturated heterocycles. The van der Waals surface area contributed by atoms with Gasteiger partial charge >= 0.3 is 0 Å². The van der Waals surface area contributed by atoms with Crippen LogP contribution in [-0.2, 0) is 5.75 Å². The summed E-state index contributed by atoms with van der Waals surface area (Å²) in [5.74, 6) is 1.84. The van der Waals surface area contributed by atoms with Gasteiger partial charge in [-0.25, -0.2) is 15.0 Å². The first-order valence-electron chi connectivity index (χ1n) is 7.46. The fraction of sp³-hybridized carbons (Fsp3) is 0.222. The molecule has 0 saturated carbocycles. The molecule has 6 heteroatoms. The van der Waals surface area contributed by atoms with Crippen molar-refractivity contribution in [2.45, 2.75) is 31.6 Å². The monoisotopic (exact) mass is 336 g/mol. The van der Waals surface area contributed by atoms with Crippen LogP contribution in [0, 0.1) is 32.1 Å². The van der Waals surface area contributed by atoms with E-state index in [0.29, 0.717) is 33.8 Å². The van der Waals surface area contributed by atoms with E-state index in [1.165, 1.54) is 17.3 Å². The van der Waals surface area contributed by atoms with Crippen molar-refractivity contribution in [1.29, 1.82) is 5.26 Å². The number of hydrogen-bond donors (Lipinski definition) is 0. The minimum atomic E-state index is 0.521. The van der Waals surface area contributed by atoms with Crippen LogP contribution in [-0.4, -0.2) is 15.0 Å². The average molecular weight is 336 g/mol. The Morgan fingerprint density at radius 1 is 1.08 bits per heavy atom. The van der Waals surface area contributed by atoms with Crippen molar-refractivity contribution in [3.8, 4) is 17.5 Å². The van der Waals surface area contributed by atoms with Crippen LogP contribution in [0.15, 0.2) is 40.0 Å². The summed E-state index contributed by atoms with van der Waals surface area (Å²) >= 11 is 1.47. The van der Waals surface area contributed by atoms with Crippen LogP contribution in [0.25, 0.3) is 11.5 Å². The lowest BCUT2D eigenvalue weighted by Crippen LogP contribution is -1.99. The number of nitrogens with zero attached hydrogens (tertiary/aromatic N) is 4. The summed E-state index contributed by atoms with van der Waals surface area (Å²) < 4.78 is 5.56. The molecular weight excluding hydrogens is 320 g/mol. The molecule has 0 unspecified atom stereocenters. The summed E-state index contributed by atoms with van der Waals surface area (Å²) in [5, 5.41) is 9.97. The van der Waals surface area contributed by atoms with Gasteiger partial charge in [0.25, 0.3) is 0 Å². The van der Waals surface area contributed by atoms with Crippen LogP contribution in [0.1, 0.15) is 28.3 Å². The fourth-order valence-corrected chi connectivity index (χ4v) is 3.21. The van der Waals surface area contributed by atoms with Gasteiger partial charge in [-0.2, -0.15) is 5.26 Å². The topological polar surface area (TPSA) is 75.6 Å². The lowest BCUT2D eigenvalue weighted by atomic mass is 10.1. The molecule has 0 spiro atoms. The predicted molar refractivity (Wildman–Crippen MR) is 92.5 cm³/mol. The Bertz CT molecular complexity index is 910. The first-order valence-corrected chi connectivity index (χ1v) is 8.45. The zero-order chi connectivity index (χ0) is 17.1. The Labute approximate surface area is 144 Å². The minimum absolute atomic E-state index is 0.521. The van der Waals surface area contributed by atoms with E-state index in [1.807, 2.05) is 45.0 Å². The fourth-order valence-electron chi connectivity index (χ4n) is 2.26. The zero-order valence-electron chi connectivity index (χ0n) is 13.7. The molecule has 2 heterocycles. The van der Waals surface area contributed by atoms with Crippen molar-refractivity contribution in [3.05, 3.63) is 58.9 Å². The highest BCUT2D eigenvalue weighted by Crippen LogP contribution is 2.27. The van der Waals surface area contributed by atoms with Crippen LogP contribution in [0.2, 0.25) is 0 Å². The molecule has 3 aromatic rings. The molecule has 0 atom stereocenters. The van der Waals surface area contributed by atoms with E-state index < -0.39 is 0 Å². The number of hydrogen-bond acceptors (Lipinski definition) is 6. The highest BCUT2D eigenvalue weighted by atomic mass is 32.2. The highest BCUT2D eigenvalue weighted by Gasteiger charge is 2.12. The van der Waals surface area contributed by atoms with Gasteiger partial charge in [0.05, 0.1) is 11.4 Å². The molecule has 1 aromatic carbocycles. The molecule has 0 N–H and O–H groups in total. The molecule has 0 aliphatic rings. The zero-order valence-corrected chi connectivity index (χ0v) is 14.5. The van der Waals surface area contributed by atoms with Crippen LogP contribution >= 0.6 is 11.8 Å². The molecule has 3 rings (SSSR count). The lowest BCUT2D eigenvalue weighted by molar-refractivity contribution is 0.573. The van der Waals surface area contributed by atoms with E-state index in [-0.39, 0.29) is 0 Å². The first-order chi connectivity index (χ1) is 11.6. The van der Waals surface area contributed by atoms with Crippen molar-refractivity contribution in [2.75, 3.05) is 0 Å². The van der Waals surface area contributed by atoms with Gasteiger partial charge in [0, 0.05) is 11.3 Å². The van der Waals surface area contributed by atoms with Gasteiger partial charge in [0.2, 0.25) is 5.89 Å². The van der Waals surface area contributed by atoms with Crippen molar-refractivity contribution in [3.63, 3.8) is 0 Å². The minimum Gasteiger partial charge on any atom is -0.444 e. The Hall–Kier alpha value is -2.65. The third-order valence-corrected chi connectivity index (χ3v) is 4.50. The molecule has 0 radical (unpaired) electrons. The van der Waals surface area contributed by atoms with Gasteiger partial charge in [0.1, 0.15) is 28.7 Å². The first kappa shape index (κ1) is 16.2. The standard InChI is InChI=1S/C18H16N4OS/c1-11-4-6-14(7-5-11)17-22-15(9-23-17)10-24-18-16(8-19)12(2)20-13(3)21-18/h4-7,9H,10H2,1-3H3. The summed E-state index contributed by atoms with van der Waals surface area (Å²) in [6.45, 7) is 5.69. The van der Waals surface area contributed by atoms with Crippen molar-refractivity contribution >= 4 is 11.8 Å². The molecule has 0 aliphatic heterocycles. The average Bonchev–Trinajstić information content (AvgIpc) is 3.02. The summed E-state index contributed by atoms with van der Waals surface area (Å²) in [4.78, 5) is 13.1. The van der Waals surface area contributed by atoms with E-state index >= 15 is 0 Å². The third-order valence-electron chi connectivity index (χ3n) is 3.49. The maximum atomic E-state index is 9.29. The van der Waals surface area contributed by atoms with E-state index in [9.17, 15) is 5.26 Å². The van der Waals surface area contributed by atoms with E-state index in [4.69, 9.17) is 4.42 Å². The Kier molecular flexibility index (Phi) is 4.63. The second-order valence-electron chi connectivity index (χ2n) is 5.45. The largest absolute Gasteiger partial charge is 0.444 e. The predicted octanol–water partition coefficient (Wildman–Crippen LogP) is 4.22. The highest BCUT2D eigenvalue weighted by molar-refractivity contribution is 7.98. The van der Waals surface area contributed by atoms with E-state index in [0.717, 1.165) is 11.3 Å². The molecule has 2 aromatic heterocycles. The molecule has 0 fully saturated rings. The second-order valence-corrected chi connectivity index (χ2v) is 6.41. The van der Waals surface area contributed by atoms with Crippen LogP contribution in [0.3, 0.4) is 0 Å². The van der Waals surface area contributed by atoms with E-state index in [2.05, 4.69) is 21.0 Å². The number of thioether (sulfide) groups is 1. The second kappa shape index (κ2) is 6.85. The lowest BCUT2D eigenvalue weighted by Gasteiger charge is -2.05. The summed E-state index contributed by atoms with van der Waals surface area (Å²) in [7, 11) is 0. The molecular formula is C18H16N4OS. The van der Waals surface area contributed by atoms with Crippen molar-refractivity contribution in [1.82, 2.24) is 15.0 Å². The van der Waals surface area contributed by atoms with Crippen molar-refractivity contribution in [2.24, 2.45) is 0 Å². The van der Waals surface area contributed by atoms with Gasteiger partial charge in [-0.1, -0.05) is 29.5 Å². The number of oxazole rings is 1. The quantitative estimate of drug-likeness (QED) is 0.524. The molecule has 0 amide bonds. The molecule has 0 bridgehead atoms. The molecule has 5 nitrogen and oxygen atoms in total. The van der Waals surface area contributed by atoms with Gasteiger partial charge in [-0.05, 0) is 32.9 Å². The van der Waals surface area contributed by atoms with Crippen molar-refractivity contribution < 1.29 is 4.42 Å². The molecule has 24 heavy (non-hydrogen) atoms. The Balaban J connectivity index is 1.77. The molecule has 0 aliphatic carbocycles. The summed E-state index contributed by atoms with van der Waals surface area (Å²) in [6, 6.07) is 10.2. The van der Waals surface area contributed by atoms with Crippen LogP contribution in [0.4, 0.5) is 0 Å². The number of aryl methyl sites for hydroxylation is 3. The van der Waals surface area contributed by atoms with Crippen LogP contribution in [0.5, 0.6) is 0 Å². The van der Waals surface area contributed by atoms with Gasteiger partial charge in [-0.15, -0.1) is 0 Å². The summed E-state index contributed by atoms with van der Waals surface area (Å²) in [5.41, 5.74) is 4.18. The van der Waals surface area contributed by atoms with Gasteiger partial charge in [0.15, 0.2) is 0 Å². The number of nitriles is 1. The van der Waals surface area contributed by atoms with Gasteiger partial charge < -0.3 is 4.42 Å². The third kappa shape index (κ3) is 3.47. The number of rotatable bonds is 4. The normalized spacial score (nSPS) is 10.6. The Morgan fingerprint density at radius 3 is 2.54 bits per heavy atom. The number of aromatic nitrogens is 3. The SMILES string of the molecule is Cc1ccc(-c2nc(CSc3nc(C)nc(C)c3C#N)co2)cc1. The van der Waals surface area contributed by atoms with Crippen LogP contribution < -0.4 is 0 Å². The van der Waals surface area contributed by atoms with Gasteiger partial charge in [-0.3, -0.25) is 0 Å². The molecule has 120 valence electrons. The maximum Gasteiger partial charge on any atom is 0.226 e. The van der Waals surface area contributed by atoms with E-state index in [1.54, 1.807) is 6.26 Å². The number of benzene rings is 1. The summed E-state index contributed by atoms with van der Waals surface area (Å²) in [6.07, 6.45) is 1.65.